The zero-order chi connectivity index (χ0) is 18.2. The number of nitrogens with zero attached hydrogens (tertiary/aromatic N) is 5. The van der Waals surface area contributed by atoms with Gasteiger partial charge in [-0.1, -0.05) is 6.07 Å². The van der Waals surface area contributed by atoms with Crippen LogP contribution in [0.4, 0.5) is 13.2 Å². The SMILES string of the molecule is Cn1cc(C(F)(F)F)c(=O)n(Cc2ccc(-n3cccn3)nc2)c1=O. The first-order valence-electron chi connectivity index (χ1n) is 7.10. The molecular formula is C15H12F3N5O2. The summed E-state index contributed by atoms with van der Waals surface area (Å²) in [6.07, 6.45) is 0.284. The third-order valence-corrected chi connectivity index (χ3v) is 3.53. The molecule has 3 aromatic rings. The van der Waals surface area contributed by atoms with Gasteiger partial charge in [-0.2, -0.15) is 18.3 Å². The summed E-state index contributed by atoms with van der Waals surface area (Å²) in [7, 11) is 1.16. The van der Waals surface area contributed by atoms with E-state index in [-0.39, 0.29) is 6.54 Å². The smallest absolute Gasteiger partial charge is 0.303 e. The van der Waals surface area contributed by atoms with E-state index in [1.807, 2.05) is 0 Å². The molecule has 0 aliphatic rings. The van der Waals surface area contributed by atoms with E-state index in [1.54, 1.807) is 30.6 Å². The minimum Gasteiger partial charge on any atom is -0.303 e. The summed E-state index contributed by atoms with van der Waals surface area (Å²) < 4.78 is 41.6. The summed E-state index contributed by atoms with van der Waals surface area (Å²) in [6.45, 7) is -0.318. The molecule has 0 fully saturated rings. The van der Waals surface area contributed by atoms with E-state index < -0.39 is 23.0 Å². The molecule has 0 aliphatic heterocycles. The van der Waals surface area contributed by atoms with Crippen LogP contribution in [0, 0.1) is 0 Å². The molecule has 0 saturated heterocycles. The highest BCUT2D eigenvalue weighted by atomic mass is 19.4. The Labute approximate surface area is 138 Å². The summed E-state index contributed by atoms with van der Waals surface area (Å²) in [6, 6.07) is 4.86. The molecule has 7 nitrogen and oxygen atoms in total. The number of hydrogen-bond acceptors (Lipinski definition) is 4. The maximum atomic E-state index is 12.9. The molecule has 3 rings (SSSR count). The fourth-order valence-corrected chi connectivity index (χ4v) is 2.29. The Morgan fingerprint density at radius 1 is 1.20 bits per heavy atom. The van der Waals surface area contributed by atoms with Crippen molar-refractivity contribution in [3.05, 3.63) is 75.0 Å². The summed E-state index contributed by atoms with van der Waals surface area (Å²) in [5.74, 6) is 0.498. The van der Waals surface area contributed by atoms with Gasteiger partial charge in [0.1, 0.15) is 5.56 Å². The van der Waals surface area contributed by atoms with Gasteiger partial charge in [0.05, 0.1) is 6.54 Å². The lowest BCUT2D eigenvalue weighted by Crippen LogP contribution is -2.42. The van der Waals surface area contributed by atoms with Crippen LogP contribution < -0.4 is 11.2 Å². The normalized spacial score (nSPS) is 11.7. The van der Waals surface area contributed by atoms with Gasteiger partial charge < -0.3 is 4.57 Å². The van der Waals surface area contributed by atoms with Gasteiger partial charge in [0.15, 0.2) is 5.82 Å². The topological polar surface area (TPSA) is 74.7 Å². The van der Waals surface area contributed by atoms with Crippen molar-refractivity contribution < 1.29 is 13.2 Å². The van der Waals surface area contributed by atoms with E-state index in [4.69, 9.17) is 0 Å². The lowest BCUT2D eigenvalue weighted by molar-refractivity contribution is -0.139. The first kappa shape index (κ1) is 16.7. The third kappa shape index (κ3) is 3.23. The number of aromatic nitrogens is 5. The van der Waals surface area contributed by atoms with Crippen LogP contribution in [0.5, 0.6) is 0 Å². The lowest BCUT2D eigenvalue weighted by atomic mass is 10.2. The van der Waals surface area contributed by atoms with Gasteiger partial charge in [0.25, 0.3) is 5.56 Å². The maximum absolute atomic E-state index is 12.9. The molecule has 0 amide bonds. The second-order valence-electron chi connectivity index (χ2n) is 5.30. The zero-order valence-electron chi connectivity index (χ0n) is 12.9. The van der Waals surface area contributed by atoms with Crippen LogP contribution in [0.3, 0.4) is 0 Å². The minimum absolute atomic E-state index is 0.318. The number of hydrogen-bond donors (Lipinski definition) is 0. The number of aryl methyl sites for hydroxylation is 1. The van der Waals surface area contributed by atoms with Crippen LogP contribution in [0.2, 0.25) is 0 Å². The molecule has 0 aromatic carbocycles. The highest BCUT2D eigenvalue weighted by Gasteiger charge is 2.35. The Morgan fingerprint density at radius 3 is 2.52 bits per heavy atom. The van der Waals surface area contributed by atoms with Gasteiger partial charge in [-0.15, -0.1) is 0 Å². The summed E-state index contributed by atoms with van der Waals surface area (Å²) >= 11 is 0. The summed E-state index contributed by atoms with van der Waals surface area (Å²) in [5, 5.41) is 4.00. The van der Waals surface area contributed by atoms with Gasteiger partial charge in [-0.05, 0) is 17.7 Å². The molecule has 0 unspecified atom stereocenters. The summed E-state index contributed by atoms with van der Waals surface area (Å²) in [5.41, 5.74) is -3.20. The molecule has 0 saturated carbocycles. The molecule has 0 radical (unpaired) electrons. The van der Waals surface area contributed by atoms with E-state index in [2.05, 4.69) is 10.1 Å². The van der Waals surface area contributed by atoms with E-state index in [0.29, 0.717) is 22.1 Å². The standard InChI is InChI=1S/C15H12F3N5O2/c1-21-9-11(15(16,17)18)13(24)22(14(21)25)8-10-3-4-12(19-7-10)23-6-2-5-20-23/h2-7,9H,8H2,1H3. The fourth-order valence-electron chi connectivity index (χ4n) is 2.29. The lowest BCUT2D eigenvalue weighted by Gasteiger charge is -2.12. The minimum atomic E-state index is -4.84. The van der Waals surface area contributed by atoms with Crippen molar-refractivity contribution in [2.45, 2.75) is 12.7 Å². The van der Waals surface area contributed by atoms with E-state index in [0.717, 1.165) is 11.6 Å². The predicted molar refractivity (Wildman–Crippen MR) is 81.4 cm³/mol. The zero-order valence-corrected chi connectivity index (χ0v) is 12.9. The molecule has 0 aliphatic carbocycles. The number of rotatable bonds is 3. The quantitative estimate of drug-likeness (QED) is 0.711. The number of pyridine rings is 1. The van der Waals surface area contributed by atoms with Crippen LogP contribution >= 0.6 is 0 Å². The number of halogens is 3. The molecule has 3 heterocycles. The van der Waals surface area contributed by atoms with Crippen molar-refractivity contribution in [1.29, 1.82) is 0 Å². The highest BCUT2D eigenvalue weighted by Crippen LogP contribution is 2.25. The predicted octanol–water partition coefficient (Wildman–Crippen LogP) is 1.19. The Hall–Kier alpha value is -3.17. The third-order valence-electron chi connectivity index (χ3n) is 3.53. The van der Waals surface area contributed by atoms with Crippen molar-refractivity contribution in [2.75, 3.05) is 0 Å². The Morgan fingerprint density at radius 2 is 1.96 bits per heavy atom. The van der Waals surface area contributed by atoms with Gasteiger partial charge in [-0.3, -0.25) is 9.36 Å². The van der Waals surface area contributed by atoms with Crippen molar-refractivity contribution in [3.63, 3.8) is 0 Å². The van der Waals surface area contributed by atoms with Gasteiger partial charge >= 0.3 is 11.9 Å². The first-order valence-corrected chi connectivity index (χ1v) is 7.10. The van der Waals surface area contributed by atoms with Gasteiger partial charge in [0, 0.05) is 31.8 Å². The molecule has 10 heteroatoms. The second-order valence-corrected chi connectivity index (χ2v) is 5.30. The molecule has 130 valence electrons. The molecule has 0 N–H and O–H groups in total. The van der Waals surface area contributed by atoms with Crippen LogP contribution in [-0.2, 0) is 19.8 Å². The van der Waals surface area contributed by atoms with Crippen molar-refractivity contribution in [3.8, 4) is 5.82 Å². The van der Waals surface area contributed by atoms with Gasteiger partial charge in [-0.25, -0.2) is 14.5 Å². The molecule has 0 spiro atoms. The Kier molecular flexibility index (Phi) is 4.03. The summed E-state index contributed by atoms with van der Waals surface area (Å²) in [4.78, 5) is 28.2. The molecule has 25 heavy (non-hydrogen) atoms. The van der Waals surface area contributed by atoms with Crippen molar-refractivity contribution >= 4 is 0 Å². The fraction of sp³-hybridized carbons (Fsp3) is 0.200. The van der Waals surface area contributed by atoms with Crippen molar-refractivity contribution in [2.24, 2.45) is 7.05 Å². The highest BCUT2D eigenvalue weighted by molar-refractivity contribution is 5.24. The monoisotopic (exact) mass is 351 g/mol. The van der Waals surface area contributed by atoms with Gasteiger partial charge in [0.2, 0.25) is 0 Å². The van der Waals surface area contributed by atoms with Crippen molar-refractivity contribution in [1.82, 2.24) is 23.9 Å². The first-order chi connectivity index (χ1) is 11.8. The number of alkyl halides is 3. The van der Waals surface area contributed by atoms with E-state index >= 15 is 0 Å². The average molecular weight is 351 g/mol. The largest absolute Gasteiger partial charge is 0.423 e. The van der Waals surface area contributed by atoms with Crippen LogP contribution in [0.1, 0.15) is 11.1 Å². The Bertz CT molecular complexity index is 1000. The van der Waals surface area contributed by atoms with E-state index in [1.165, 1.54) is 10.9 Å². The molecular weight excluding hydrogens is 339 g/mol. The Balaban J connectivity index is 1.99. The second kappa shape index (κ2) is 6.04. The van der Waals surface area contributed by atoms with E-state index in [9.17, 15) is 22.8 Å². The average Bonchev–Trinajstić information content (AvgIpc) is 3.09. The van der Waals surface area contributed by atoms with Crippen LogP contribution in [0.25, 0.3) is 5.82 Å². The van der Waals surface area contributed by atoms with Crippen LogP contribution in [0.15, 0.2) is 52.6 Å². The molecule has 0 atom stereocenters. The maximum Gasteiger partial charge on any atom is 0.423 e. The van der Waals surface area contributed by atoms with Crippen LogP contribution in [-0.4, -0.2) is 23.9 Å². The molecule has 3 aromatic heterocycles. The molecule has 0 bridgehead atoms.